The number of amides is 2. The molecule has 0 aliphatic rings. The zero-order valence-corrected chi connectivity index (χ0v) is 39.0. The Kier molecular flexibility index (Phi) is 13.8. The summed E-state index contributed by atoms with van der Waals surface area (Å²) in [5.41, 5.74) is -0.362. The van der Waals surface area contributed by atoms with E-state index in [0.717, 1.165) is 60.2 Å². The predicted molar refractivity (Wildman–Crippen MR) is 260 cm³/mol. The molecule has 20 heteroatoms. The highest BCUT2D eigenvalue weighted by Crippen LogP contribution is 2.39. The normalized spacial score (nSPS) is 11.6. The number of imidazole rings is 2. The largest absolute Gasteiger partial charge is 0.417 e. The molecule has 6 aromatic carbocycles. The summed E-state index contributed by atoms with van der Waals surface area (Å²) in [7, 11) is 0. The van der Waals surface area contributed by atoms with Crippen LogP contribution in [-0.4, -0.2) is 30.6 Å². The molecule has 10 aromatic rings. The molecule has 0 saturated heterocycles. The van der Waals surface area contributed by atoms with Crippen LogP contribution in [0.25, 0.3) is 56.1 Å². The number of carbonyl (C=O) groups excluding carboxylic acids is 2. The maximum absolute atomic E-state index is 14.5. The maximum Gasteiger partial charge on any atom is 0.417 e. The van der Waals surface area contributed by atoms with Crippen molar-refractivity contribution in [3.05, 3.63) is 226 Å². The van der Waals surface area contributed by atoms with E-state index >= 15 is 0 Å². The molecule has 10 rings (SSSR count). The minimum absolute atomic E-state index is 0.0232. The Morgan fingerprint density at radius 2 is 1.00 bits per heavy atom. The number of rotatable bonds is 8. The molecular weight excluding hydrogens is 1020 g/mol. The number of carbonyl (C=O) groups is 2. The van der Waals surface area contributed by atoms with Gasteiger partial charge in [0, 0.05) is 22.5 Å². The number of nitrogens with zero attached hydrogens (tertiary/aromatic N) is 4. The Morgan fingerprint density at radius 3 is 1.53 bits per heavy atom. The van der Waals surface area contributed by atoms with Gasteiger partial charge in [-0.05, 0) is 139 Å². The average molecular weight is 1050 g/mol. The predicted octanol–water partition coefficient (Wildman–Crippen LogP) is 15.5. The fourth-order valence-corrected chi connectivity index (χ4v) is 8.46. The Bertz CT molecular complexity index is 3840. The quantitative estimate of drug-likeness (QED) is 0.148. The molecule has 2 amide bonds. The third kappa shape index (κ3) is 10.4. The first-order valence-electron chi connectivity index (χ1n) is 22.1. The SMILES string of the molecule is Cc1ccc(NC(=O)c2cc(-c3cccc4c(-c5cccc(F)c5F)ncn34)ccc2C(F)(F)F)cc1.O=C(Nc1ccc(F)cc1)c1cc(-c2cccc3c(-c4cccc(F)c4F)nc(Cl)n23)ccc1C(F)(F)F. The summed E-state index contributed by atoms with van der Waals surface area (Å²) in [5.74, 6) is -6.88. The molecule has 378 valence electrons. The number of hydrogen-bond donors (Lipinski definition) is 2. The minimum atomic E-state index is -4.85. The van der Waals surface area contributed by atoms with Crippen molar-refractivity contribution in [2.45, 2.75) is 19.3 Å². The van der Waals surface area contributed by atoms with E-state index in [1.165, 1.54) is 65.3 Å². The molecule has 0 aliphatic carbocycles. The van der Waals surface area contributed by atoms with Gasteiger partial charge in [-0.1, -0.05) is 54.1 Å². The lowest BCUT2D eigenvalue weighted by molar-refractivity contribution is -0.138. The van der Waals surface area contributed by atoms with E-state index in [1.54, 1.807) is 52.9 Å². The number of alkyl halides is 6. The number of halogens is 12. The van der Waals surface area contributed by atoms with Crippen molar-refractivity contribution in [3.8, 4) is 45.0 Å². The van der Waals surface area contributed by atoms with E-state index in [-0.39, 0.29) is 50.3 Å². The van der Waals surface area contributed by atoms with Crippen molar-refractivity contribution in [1.29, 1.82) is 0 Å². The van der Waals surface area contributed by atoms with Gasteiger partial charge in [0.25, 0.3) is 11.8 Å². The fourth-order valence-electron chi connectivity index (χ4n) is 8.20. The van der Waals surface area contributed by atoms with E-state index in [4.69, 9.17) is 11.6 Å². The van der Waals surface area contributed by atoms with Crippen LogP contribution in [0.4, 0.5) is 59.7 Å². The van der Waals surface area contributed by atoms with Crippen LogP contribution >= 0.6 is 11.6 Å². The van der Waals surface area contributed by atoms with Crippen molar-refractivity contribution in [2.75, 3.05) is 10.6 Å². The van der Waals surface area contributed by atoms with E-state index in [1.807, 2.05) is 6.92 Å². The number of benzene rings is 6. The van der Waals surface area contributed by atoms with Crippen LogP contribution in [0, 0.1) is 36.0 Å². The second kappa shape index (κ2) is 20.2. The number of hydrogen-bond acceptors (Lipinski definition) is 4. The molecule has 0 aliphatic heterocycles. The first-order valence-corrected chi connectivity index (χ1v) is 22.5. The molecule has 4 aromatic heterocycles. The fraction of sp³-hybridized carbons (Fsp3) is 0.0545. The summed E-state index contributed by atoms with van der Waals surface area (Å²) in [6.45, 7) is 1.85. The van der Waals surface area contributed by atoms with Gasteiger partial charge in [-0.25, -0.2) is 31.9 Å². The molecule has 0 spiro atoms. The van der Waals surface area contributed by atoms with E-state index in [2.05, 4.69) is 20.6 Å². The molecule has 75 heavy (non-hydrogen) atoms. The summed E-state index contributed by atoms with van der Waals surface area (Å²) in [5, 5.41) is 4.69. The molecule has 0 bridgehead atoms. The smallest absolute Gasteiger partial charge is 0.322 e. The van der Waals surface area contributed by atoms with Gasteiger partial charge in [0.2, 0.25) is 5.28 Å². The molecule has 4 heterocycles. The Labute approximate surface area is 422 Å². The highest BCUT2D eigenvalue weighted by Gasteiger charge is 2.37. The summed E-state index contributed by atoms with van der Waals surface area (Å²) < 4.78 is 155. The van der Waals surface area contributed by atoms with Gasteiger partial charge >= 0.3 is 12.4 Å². The van der Waals surface area contributed by atoms with Crippen LogP contribution in [0.3, 0.4) is 0 Å². The van der Waals surface area contributed by atoms with Crippen LogP contribution < -0.4 is 10.6 Å². The third-order valence-electron chi connectivity index (χ3n) is 11.7. The Morgan fingerprint density at radius 1 is 0.533 bits per heavy atom. The lowest BCUT2D eigenvalue weighted by Gasteiger charge is -2.15. The zero-order valence-electron chi connectivity index (χ0n) is 38.2. The topological polar surface area (TPSA) is 92.8 Å². The first kappa shape index (κ1) is 51.1. The van der Waals surface area contributed by atoms with Crippen LogP contribution in [0.2, 0.25) is 5.28 Å². The van der Waals surface area contributed by atoms with Gasteiger partial charge in [0.05, 0.1) is 50.4 Å². The summed E-state index contributed by atoms with van der Waals surface area (Å²) in [4.78, 5) is 34.3. The molecule has 0 unspecified atom stereocenters. The number of fused-ring (bicyclic) bond motifs is 2. The second-order valence-electron chi connectivity index (χ2n) is 16.6. The van der Waals surface area contributed by atoms with Gasteiger partial charge in [0.1, 0.15) is 17.8 Å². The number of aryl methyl sites for hydroxylation is 1. The van der Waals surface area contributed by atoms with E-state index in [9.17, 15) is 57.9 Å². The lowest BCUT2D eigenvalue weighted by atomic mass is 10.00. The zero-order chi connectivity index (χ0) is 53.5. The number of anilines is 2. The molecule has 8 nitrogen and oxygen atoms in total. The van der Waals surface area contributed by atoms with Gasteiger partial charge in [-0.2, -0.15) is 26.3 Å². The molecule has 0 radical (unpaired) electrons. The third-order valence-corrected chi connectivity index (χ3v) is 12.0. The summed E-state index contributed by atoms with van der Waals surface area (Å²) in [6, 6.07) is 34.2. The van der Waals surface area contributed by atoms with Crippen molar-refractivity contribution >= 4 is 45.8 Å². The highest BCUT2D eigenvalue weighted by molar-refractivity contribution is 6.29. The van der Waals surface area contributed by atoms with Crippen LogP contribution in [0.5, 0.6) is 0 Å². The van der Waals surface area contributed by atoms with Gasteiger partial charge in [-0.3, -0.25) is 18.4 Å². The molecule has 2 N–H and O–H groups in total. The van der Waals surface area contributed by atoms with Crippen molar-refractivity contribution in [1.82, 2.24) is 18.8 Å². The van der Waals surface area contributed by atoms with Gasteiger partial charge in [0.15, 0.2) is 23.3 Å². The standard InChI is InChI=1S/C28H18F5N3O.C27H14ClF6N3O/c1-16-8-11-18(12-9-16)35-27(37)20-14-17(10-13-21(20)28(31,32)33)23-6-3-7-24-26(34-15-36(23)24)19-4-2-5-22(29)25(19)30;28-26-36-24(17-3-1-4-20(30)23(17)31)22-6-2-5-21(37(22)26)14-7-12-19(27(32,33)34)18(13-14)25(38)35-16-10-8-15(29)9-11-16/h2-15H,1H3,(H,35,37);1-13H,(H,35,38). The maximum atomic E-state index is 14.5. The van der Waals surface area contributed by atoms with Crippen molar-refractivity contribution in [2.24, 2.45) is 0 Å². The summed E-state index contributed by atoms with van der Waals surface area (Å²) in [6.07, 6.45) is -8.25. The van der Waals surface area contributed by atoms with Crippen LogP contribution in [0.15, 0.2) is 164 Å². The van der Waals surface area contributed by atoms with Crippen LogP contribution in [0.1, 0.15) is 37.4 Å². The first-order chi connectivity index (χ1) is 35.7. The summed E-state index contributed by atoms with van der Waals surface area (Å²) >= 11 is 6.35. The van der Waals surface area contributed by atoms with Crippen LogP contribution in [-0.2, 0) is 12.4 Å². The van der Waals surface area contributed by atoms with E-state index in [0.29, 0.717) is 22.5 Å². The lowest BCUT2D eigenvalue weighted by Crippen LogP contribution is -2.19. The van der Waals surface area contributed by atoms with Crippen molar-refractivity contribution in [3.63, 3.8) is 0 Å². The van der Waals surface area contributed by atoms with Gasteiger partial charge in [-0.15, -0.1) is 0 Å². The Hall–Kier alpha value is -8.84. The van der Waals surface area contributed by atoms with Crippen molar-refractivity contribution < 1.29 is 57.9 Å². The molecule has 0 saturated carbocycles. The average Bonchev–Trinajstić information content (AvgIpc) is 3.98. The van der Waals surface area contributed by atoms with Gasteiger partial charge < -0.3 is 10.6 Å². The van der Waals surface area contributed by atoms with E-state index < -0.39 is 75.5 Å². The molecule has 0 atom stereocenters. The highest BCUT2D eigenvalue weighted by atomic mass is 35.5. The monoisotopic (exact) mass is 1050 g/mol. The number of nitrogens with one attached hydrogen (secondary N) is 2. The number of pyridine rings is 2. The minimum Gasteiger partial charge on any atom is -0.322 e. The Balaban J connectivity index is 0.000000184. The molecular formula is C55H32ClF11N6O2. The molecule has 0 fully saturated rings. The number of aromatic nitrogens is 4. The second-order valence-corrected chi connectivity index (χ2v) is 17.0.